The number of fused-ring (bicyclic) bond motifs is 1. The Morgan fingerprint density at radius 1 is 1.41 bits per heavy atom. The summed E-state index contributed by atoms with van der Waals surface area (Å²) in [5.74, 6) is 0.836. The number of hydrogen-bond acceptors (Lipinski definition) is 5. The van der Waals surface area contributed by atoms with E-state index in [0.717, 1.165) is 29.2 Å². The fraction of sp³-hybridized carbons (Fsp3) is 0.571. The first kappa shape index (κ1) is 14.7. The van der Waals surface area contributed by atoms with Gasteiger partial charge in [-0.15, -0.1) is 10.2 Å². The summed E-state index contributed by atoms with van der Waals surface area (Å²) in [4.78, 5) is 14.1. The molecule has 1 amide bonds. The summed E-state index contributed by atoms with van der Waals surface area (Å²) >= 11 is 0. The summed E-state index contributed by atoms with van der Waals surface area (Å²) in [5, 5.41) is 12.6. The lowest BCUT2D eigenvalue weighted by Crippen LogP contribution is -2.36. The predicted molar refractivity (Wildman–Crippen MR) is 78.8 cm³/mol. The third-order valence-corrected chi connectivity index (χ3v) is 4.04. The molecule has 3 rings (SSSR count). The highest BCUT2D eigenvalue weighted by Gasteiger charge is 2.28. The van der Waals surface area contributed by atoms with E-state index >= 15 is 0 Å². The monoisotopic (exact) mass is 304 g/mol. The molecule has 0 atom stereocenters. The van der Waals surface area contributed by atoms with E-state index in [1.165, 1.54) is 0 Å². The Labute approximate surface area is 128 Å². The number of nitrogens with zero attached hydrogens (tertiary/aromatic N) is 6. The second-order valence-electron chi connectivity index (χ2n) is 5.47. The van der Waals surface area contributed by atoms with Crippen LogP contribution in [0.3, 0.4) is 0 Å². The molecule has 0 bridgehead atoms. The molecule has 22 heavy (non-hydrogen) atoms. The van der Waals surface area contributed by atoms with E-state index in [0.29, 0.717) is 26.1 Å². The van der Waals surface area contributed by atoms with Crippen molar-refractivity contribution >= 4 is 5.91 Å². The van der Waals surface area contributed by atoms with Crippen LogP contribution in [0.15, 0.2) is 6.33 Å². The summed E-state index contributed by atoms with van der Waals surface area (Å²) in [6.07, 6.45) is 2.86. The minimum Gasteiger partial charge on any atom is -0.384 e. The molecule has 0 saturated heterocycles. The summed E-state index contributed by atoms with van der Waals surface area (Å²) in [6, 6.07) is 0. The molecule has 3 heterocycles. The number of ether oxygens (including phenoxy) is 1. The van der Waals surface area contributed by atoms with Gasteiger partial charge in [0.1, 0.15) is 12.0 Å². The van der Waals surface area contributed by atoms with Crippen molar-refractivity contribution < 1.29 is 9.53 Å². The number of hydrogen-bond donors (Lipinski definition) is 0. The molecule has 8 nitrogen and oxygen atoms in total. The van der Waals surface area contributed by atoms with Crippen molar-refractivity contribution in [2.45, 2.75) is 19.4 Å². The van der Waals surface area contributed by atoms with Gasteiger partial charge in [-0.25, -0.2) is 0 Å². The molecule has 1 aliphatic heterocycles. The van der Waals surface area contributed by atoms with Crippen LogP contribution in [0.25, 0.3) is 11.5 Å². The molecule has 2 aromatic rings. The Bertz CT molecular complexity index is 690. The maximum Gasteiger partial charge on any atom is 0.225 e. The van der Waals surface area contributed by atoms with E-state index in [2.05, 4.69) is 15.3 Å². The second-order valence-corrected chi connectivity index (χ2v) is 5.47. The minimum absolute atomic E-state index is 0.111. The number of amides is 1. The lowest BCUT2D eigenvalue weighted by atomic mass is 10.0. The number of rotatable bonds is 4. The molecule has 0 spiro atoms. The van der Waals surface area contributed by atoms with Gasteiger partial charge in [-0.1, -0.05) is 0 Å². The Morgan fingerprint density at radius 3 is 2.91 bits per heavy atom. The van der Waals surface area contributed by atoms with Gasteiger partial charge in [0.05, 0.1) is 13.0 Å². The van der Waals surface area contributed by atoms with Gasteiger partial charge in [0.2, 0.25) is 5.91 Å². The van der Waals surface area contributed by atoms with E-state index in [1.807, 2.05) is 28.2 Å². The first-order chi connectivity index (χ1) is 10.6. The maximum absolute atomic E-state index is 12.2. The molecule has 0 aliphatic carbocycles. The van der Waals surface area contributed by atoms with Gasteiger partial charge in [0.25, 0.3) is 0 Å². The molecule has 0 aromatic carbocycles. The molecule has 0 saturated carbocycles. The molecular formula is C14H20N6O2. The molecule has 118 valence electrons. The highest BCUT2D eigenvalue weighted by molar-refractivity contribution is 5.77. The van der Waals surface area contributed by atoms with Crippen LogP contribution < -0.4 is 0 Å². The zero-order valence-electron chi connectivity index (χ0n) is 13.1. The molecule has 0 fully saturated rings. The van der Waals surface area contributed by atoms with Crippen LogP contribution in [-0.2, 0) is 36.6 Å². The van der Waals surface area contributed by atoms with Gasteiger partial charge >= 0.3 is 0 Å². The minimum atomic E-state index is 0.111. The van der Waals surface area contributed by atoms with Gasteiger partial charge in [-0.05, 0) is 0 Å². The third-order valence-electron chi connectivity index (χ3n) is 4.04. The average molecular weight is 304 g/mol. The highest BCUT2D eigenvalue weighted by Crippen LogP contribution is 2.28. The predicted octanol–water partition coefficient (Wildman–Crippen LogP) is 0.137. The molecular weight excluding hydrogens is 284 g/mol. The van der Waals surface area contributed by atoms with Crippen molar-refractivity contribution in [2.24, 2.45) is 14.1 Å². The zero-order valence-corrected chi connectivity index (χ0v) is 13.1. The van der Waals surface area contributed by atoms with Crippen molar-refractivity contribution in [3.63, 3.8) is 0 Å². The zero-order chi connectivity index (χ0) is 15.7. The van der Waals surface area contributed by atoms with Crippen molar-refractivity contribution in [3.05, 3.63) is 17.6 Å². The standard InChI is InChI=1S/C14H20N6O2/c1-18-9-15-16-14(18)13-10-8-20(12(21)5-7-22-3)6-4-11(10)19(2)17-13/h9H,4-8H2,1-3H3. The molecule has 0 radical (unpaired) electrons. The van der Waals surface area contributed by atoms with Gasteiger partial charge in [-0.3, -0.25) is 9.48 Å². The molecule has 1 aliphatic rings. The number of aryl methyl sites for hydroxylation is 2. The van der Waals surface area contributed by atoms with E-state index in [9.17, 15) is 4.79 Å². The van der Waals surface area contributed by atoms with Gasteiger partial charge in [0.15, 0.2) is 5.82 Å². The summed E-state index contributed by atoms with van der Waals surface area (Å²) < 4.78 is 8.72. The van der Waals surface area contributed by atoms with Crippen LogP contribution in [0, 0.1) is 0 Å². The van der Waals surface area contributed by atoms with Crippen LogP contribution in [0.4, 0.5) is 0 Å². The fourth-order valence-electron chi connectivity index (χ4n) is 2.83. The molecule has 8 heteroatoms. The SMILES string of the molecule is COCCC(=O)N1CCc2c(c(-c3nncn3C)nn2C)C1. The van der Waals surface area contributed by atoms with Crippen LogP contribution in [-0.4, -0.2) is 55.6 Å². The smallest absolute Gasteiger partial charge is 0.225 e. The summed E-state index contributed by atoms with van der Waals surface area (Å²) in [6.45, 7) is 1.73. The van der Waals surface area contributed by atoms with E-state index < -0.39 is 0 Å². The lowest BCUT2D eigenvalue weighted by molar-refractivity contribution is -0.133. The number of aromatic nitrogens is 5. The van der Waals surface area contributed by atoms with Crippen molar-refractivity contribution in [1.29, 1.82) is 0 Å². The highest BCUT2D eigenvalue weighted by atomic mass is 16.5. The first-order valence-corrected chi connectivity index (χ1v) is 7.27. The van der Waals surface area contributed by atoms with E-state index in [-0.39, 0.29) is 5.91 Å². The normalized spacial score (nSPS) is 14.2. The largest absolute Gasteiger partial charge is 0.384 e. The fourth-order valence-corrected chi connectivity index (χ4v) is 2.83. The van der Waals surface area contributed by atoms with Crippen molar-refractivity contribution in [1.82, 2.24) is 29.4 Å². The summed E-state index contributed by atoms with van der Waals surface area (Å²) in [7, 11) is 5.43. The maximum atomic E-state index is 12.2. The van der Waals surface area contributed by atoms with Crippen LogP contribution >= 0.6 is 0 Å². The van der Waals surface area contributed by atoms with Gasteiger partial charge in [0, 0.05) is 52.0 Å². The molecule has 0 unspecified atom stereocenters. The number of carbonyl (C=O) groups excluding carboxylic acids is 1. The topological polar surface area (TPSA) is 78.1 Å². The third kappa shape index (κ3) is 2.50. The molecule has 2 aromatic heterocycles. The molecule has 0 N–H and O–H groups in total. The van der Waals surface area contributed by atoms with Crippen LogP contribution in [0.5, 0.6) is 0 Å². The van der Waals surface area contributed by atoms with E-state index in [4.69, 9.17) is 4.74 Å². The lowest BCUT2D eigenvalue weighted by Gasteiger charge is -2.27. The first-order valence-electron chi connectivity index (χ1n) is 7.27. The van der Waals surface area contributed by atoms with Crippen LogP contribution in [0.2, 0.25) is 0 Å². The van der Waals surface area contributed by atoms with Gasteiger partial charge < -0.3 is 14.2 Å². The Kier molecular flexibility index (Phi) is 3.93. The van der Waals surface area contributed by atoms with Crippen molar-refractivity contribution in [2.75, 3.05) is 20.3 Å². The quantitative estimate of drug-likeness (QED) is 0.803. The van der Waals surface area contributed by atoms with Crippen molar-refractivity contribution in [3.8, 4) is 11.5 Å². The Balaban J connectivity index is 1.90. The van der Waals surface area contributed by atoms with Gasteiger partial charge in [-0.2, -0.15) is 5.10 Å². The second kappa shape index (κ2) is 5.88. The Morgan fingerprint density at radius 2 is 2.23 bits per heavy atom. The summed E-state index contributed by atoms with van der Waals surface area (Å²) in [5.41, 5.74) is 3.03. The Hall–Kier alpha value is -2.22. The number of methoxy groups -OCH3 is 1. The van der Waals surface area contributed by atoms with Crippen LogP contribution in [0.1, 0.15) is 17.7 Å². The average Bonchev–Trinajstić information content (AvgIpc) is 3.08. The number of carbonyl (C=O) groups is 1. The van der Waals surface area contributed by atoms with E-state index in [1.54, 1.807) is 13.4 Å².